The molecule has 4 amide bonds. The van der Waals surface area contributed by atoms with Crippen LogP contribution in [0.4, 0.5) is 16.2 Å². The number of carbonyl (C=O) groups is 3. The average molecular weight is 495 g/mol. The molecule has 4 rings (SSSR count). The van der Waals surface area contributed by atoms with Gasteiger partial charge in [0.15, 0.2) is 0 Å². The van der Waals surface area contributed by atoms with Gasteiger partial charge in [-0.3, -0.25) is 24.6 Å². The number of nitrogens with one attached hydrogen (secondary N) is 1. The van der Waals surface area contributed by atoms with Gasteiger partial charge < -0.3 is 10.2 Å². The Kier molecular flexibility index (Phi) is 7.81. The minimum absolute atomic E-state index is 0.0379. The van der Waals surface area contributed by atoms with Crippen LogP contribution in [-0.4, -0.2) is 50.4 Å². The third kappa shape index (κ3) is 5.89. The van der Waals surface area contributed by atoms with Crippen molar-refractivity contribution in [2.24, 2.45) is 0 Å². The standard InChI is InChI=1S/C25H26N4O5S/c30-22(26-19-9-3-1-4-10-19)12-5-2-6-14-27-24(31)23-21(13-15-35-23)28(25(27)32)17-18-8-7-11-20(16-18)29(33)34/h1,3-4,7-11,13,15-16,21,23H,2,5-6,12,14,17H2,(H,26,30). The van der Waals surface area contributed by atoms with E-state index < -0.39 is 16.2 Å². The first-order chi connectivity index (χ1) is 16.9. The molecule has 2 aliphatic heterocycles. The van der Waals surface area contributed by atoms with Crippen LogP contribution in [0.5, 0.6) is 0 Å². The Morgan fingerprint density at radius 3 is 2.63 bits per heavy atom. The van der Waals surface area contributed by atoms with Crippen LogP contribution in [-0.2, 0) is 16.1 Å². The normalized spacial score (nSPS) is 19.1. The molecule has 0 aliphatic carbocycles. The predicted molar refractivity (Wildman–Crippen MR) is 134 cm³/mol. The fraction of sp³-hybridized carbons (Fsp3) is 0.320. The number of imide groups is 1. The number of hydrogen-bond acceptors (Lipinski definition) is 6. The summed E-state index contributed by atoms with van der Waals surface area (Å²) in [5, 5.41) is 15.4. The van der Waals surface area contributed by atoms with Gasteiger partial charge in [-0.25, -0.2) is 4.79 Å². The zero-order valence-electron chi connectivity index (χ0n) is 19.0. The summed E-state index contributed by atoms with van der Waals surface area (Å²) < 4.78 is 0. The fourth-order valence-corrected chi connectivity index (χ4v) is 5.28. The molecule has 1 saturated heterocycles. The van der Waals surface area contributed by atoms with Gasteiger partial charge in [-0.2, -0.15) is 0 Å². The third-order valence-electron chi connectivity index (χ3n) is 5.97. The molecule has 35 heavy (non-hydrogen) atoms. The first-order valence-electron chi connectivity index (χ1n) is 11.5. The second-order valence-electron chi connectivity index (χ2n) is 8.43. The number of thioether (sulfide) groups is 1. The van der Waals surface area contributed by atoms with Gasteiger partial charge in [0.05, 0.1) is 11.0 Å². The number of rotatable bonds is 10. The Labute approximate surface area is 207 Å². The number of amides is 4. The molecule has 2 unspecified atom stereocenters. The molecule has 0 bridgehead atoms. The molecule has 0 aromatic heterocycles. The first-order valence-corrected chi connectivity index (χ1v) is 12.4. The number of para-hydroxylation sites is 1. The molecule has 9 nitrogen and oxygen atoms in total. The van der Waals surface area contributed by atoms with Crippen LogP contribution < -0.4 is 5.32 Å². The van der Waals surface area contributed by atoms with Crippen molar-refractivity contribution in [3.05, 3.63) is 81.8 Å². The largest absolute Gasteiger partial charge is 0.327 e. The van der Waals surface area contributed by atoms with Crippen LogP contribution in [0.1, 0.15) is 31.2 Å². The van der Waals surface area contributed by atoms with Crippen LogP contribution in [0.25, 0.3) is 0 Å². The highest BCUT2D eigenvalue weighted by Crippen LogP contribution is 2.35. The van der Waals surface area contributed by atoms with E-state index in [1.165, 1.54) is 28.8 Å². The van der Waals surface area contributed by atoms with Gasteiger partial charge >= 0.3 is 6.03 Å². The quantitative estimate of drug-likeness (QED) is 0.294. The molecule has 2 aliphatic rings. The highest BCUT2D eigenvalue weighted by molar-refractivity contribution is 8.03. The number of hydrogen-bond donors (Lipinski definition) is 1. The summed E-state index contributed by atoms with van der Waals surface area (Å²) in [6.07, 6.45) is 4.14. The molecule has 2 aromatic rings. The second-order valence-corrected chi connectivity index (χ2v) is 9.48. The van der Waals surface area contributed by atoms with E-state index in [0.29, 0.717) is 31.2 Å². The number of anilines is 1. The molecule has 0 radical (unpaired) electrons. The van der Waals surface area contributed by atoms with Crippen molar-refractivity contribution in [1.82, 2.24) is 9.80 Å². The van der Waals surface area contributed by atoms with Gasteiger partial charge in [0, 0.05) is 37.3 Å². The SMILES string of the molecule is O=C(CCCCCN1C(=O)C2SC=CC2N(Cc2cccc([N+](=O)[O-])c2)C1=O)Nc1ccccc1. The molecular formula is C25H26N4O5S. The zero-order chi connectivity index (χ0) is 24.8. The van der Waals surface area contributed by atoms with Gasteiger partial charge in [-0.1, -0.05) is 42.8 Å². The third-order valence-corrected chi connectivity index (χ3v) is 7.06. The van der Waals surface area contributed by atoms with E-state index in [-0.39, 0.29) is 36.6 Å². The predicted octanol–water partition coefficient (Wildman–Crippen LogP) is 4.56. The number of unbranched alkanes of at least 4 members (excludes halogenated alkanes) is 2. The molecule has 182 valence electrons. The molecule has 1 fully saturated rings. The lowest BCUT2D eigenvalue weighted by Gasteiger charge is -2.41. The number of urea groups is 1. The van der Waals surface area contributed by atoms with Crippen molar-refractivity contribution in [1.29, 1.82) is 0 Å². The molecule has 0 saturated carbocycles. The summed E-state index contributed by atoms with van der Waals surface area (Å²) in [7, 11) is 0. The number of nitro groups is 1. The van der Waals surface area contributed by atoms with Crippen molar-refractivity contribution in [3.63, 3.8) is 0 Å². The van der Waals surface area contributed by atoms with E-state index >= 15 is 0 Å². The summed E-state index contributed by atoms with van der Waals surface area (Å²) in [6.45, 7) is 0.448. The van der Waals surface area contributed by atoms with E-state index in [1.54, 1.807) is 17.0 Å². The maximum atomic E-state index is 13.3. The van der Waals surface area contributed by atoms with Crippen LogP contribution in [0, 0.1) is 10.1 Å². The Bertz CT molecular complexity index is 1140. The monoisotopic (exact) mass is 494 g/mol. The number of nitrogens with zero attached hydrogens (tertiary/aromatic N) is 3. The minimum Gasteiger partial charge on any atom is -0.326 e. The van der Waals surface area contributed by atoms with Crippen LogP contribution in [0.15, 0.2) is 66.1 Å². The summed E-state index contributed by atoms with van der Waals surface area (Å²) in [4.78, 5) is 51.9. The van der Waals surface area contributed by atoms with E-state index in [2.05, 4.69) is 5.32 Å². The zero-order valence-corrected chi connectivity index (χ0v) is 19.9. The molecule has 0 spiro atoms. The van der Waals surface area contributed by atoms with Gasteiger partial charge in [0.25, 0.3) is 5.69 Å². The molecule has 2 heterocycles. The number of fused-ring (bicyclic) bond motifs is 1. The van der Waals surface area contributed by atoms with Crippen molar-refractivity contribution < 1.29 is 19.3 Å². The number of carbonyl (C=O) groups excluding carboxylic acids is 3. The van der Waals surface area contributed by atoms with Gasteiger partial charge in [-0.05, 0) is 35.9 Å². The van der Waals surface area contributed by atoms with E-state index in [1.807, 2.05) is 41.8 Å². The van der Waals surface area contributed by atoms with Crippen LogP contribution >= 0.6 is 11.8 Å². The number of benzene rings is 2. The highest BCUT2D eigenvalue weighted by Gasteiger charge is 2.46. The van der Waals surface area contributed by atoms with Crippen molar-refractivity contribution in [2.75, 3.05) is 11.9 Å². The van der Waals surface area contributed by atoms with Gasteiger partial charge in [0.2, 0.25) is 11.8 Å². The van der Waals surface area contributed by atoms with E-state index in [0.717, 1.165) is 5.69 Å². The molecule has 2 atom stereocenters. The Hall–Kier alpha value is -3.66. The van der Waals surface area contributed by atoms with E-state index in [4.69, 9.17) is 0 Å². The smallest absolute Gasteiger partial charge is 0.326 e. The summed E-state index contributed by atoms with van der Waals surface area (Å²) >= 11 is 1.38. The highest BCUT2D eigenvalue weighted by atomic mass is 32.2. The lowest BCUT2D eigenvalue weighted by atomic mass is 10.1. The Morgan fingerprint density at radius 1 is 1.06 bits per heavy atom. The topological polar surface area (TPSA) is 113 Å². The van der Waals surface area contributed by atoms with Crippen molar-refractivity contribution >= 4 is 41.0 Å². The molecule has 1 N–H and O–H groups in total. The lowest BCUT2D eigenvalue weighted by molar-refractivity contribution is -0.384. The summed E-state index contributed by atoms with van der Waals surface area (Å²) in [5.74, 6) is -0.284. The van der Waals surface area contributed by atoms with Crippen molar-refractivity contribution in [3.8, 4) is 0 Å². The van der Waals surface area contributed by atoms with Crippen LogP contribution in [0.2, 0.25) is 0 Å². The van der Waals surface area contributed by atoms with Crippen LogP contribution in [0.3, 0.4) is 0 Å². The summed E-state index contributed by atoms with van der Waals surface area (Å²) in [5.41, 5.74) is 1.35. The maximum absolute atomic E-state index is 13.3. The molecule has 10 heteroatoms. The van der Waals surface area contributed by atoms with Crippen molar-refractivity contribution in [2.45, 2.75) is 43.5 Å². The number of nitro benzene ring substituents is 1. The fourth-order valence-electron chi connectivity index (χ4n) is 4.22. The first kappa shape index (κ1) is 24.5. The number of non-ortho nitro benzene ring substituents is 1. The second kappa shape index (κ2) is 11.2. The van der Waals surface area contributed by atoms with E-state index in [9.17, 15) is 24.5 Å². The maximum Gasteiger partial charge on any atom is 0.327 e. The summed E-state index contributed by atoms with van der Waals surface area (Å²) in [6, 6.07) is 14.7. The average Bonchev–Trinajstić information content (AvgIpc) is 3.34. The van der Waals surface area contributed by atoms with Gasteiger partial charge in [-0.15, -0.1) is 11.8 Å². The molecular weight excluding hydrogens is 468 g/mol. The Balaban J connectivity index is 1.32. The molecule has 2 aromatic carbocycles. The van der Waals surface area contributed by atoms with Gasteiger partial charge in [0.1, 0.15) is 5.25 Å². The Morgan fingerprint density at radius 2 is 1.86 bits per heavy atom. The minimum atomic E-state index is -0.467. The lowest BCUT2D eigenvalue weighted by Crippen LogP contribution is -2.61.